The lowest BCUT2D eigenvalue weighted by atomic mass is 10.2. The van der Waals surface area contributed by atoms with Gasteiger partial charge in [0.05, 0.1) is 24.0 Å². The largest absolute Gasteiger partial charge is 0.495 e. The Bertz CT molecular complexity index is 637. The van der Waals surface area contributed by atoms with E-state index >= 15 is 0 Å². The van der Waals surface area contributed by atoms with Crippen molar-refractivity contribution in [1.29, 1.82) is 0 Å². The number of rotatable bonds is 4. The van der Waals surface area contributed by atoms with Crippen LogP contribution in [0.3, 0.4) is 0 Å². The maximum atomic E-state index is 12.3. The second kappa shape index (κ2) is 5.96. The summed E-state index contributed by atoms with van der Waals surface area (Å²) in [4.78, 5) is 12.3. The van der Waals surface area contributed by atoms with Gasteiger partial charge in [0.25, 0.3) is 5.91 Å². The number of nitrogens with one attached hydrogen (secondary N) is 1. The number of amides is 1. The predicted octanol–water partition coefficient (Wildman–Crippen LogP) is 3.13. The van der Waals surface area contributed by atoms with E-state index in [2.05, 4.69) is 10.4 Å². The van der Waals surface area contributed by atoms with Crippen LogP contribution in [-0.4, -0.2) is 22.8 Å². The van der Waals surface area contributed by atoms with Crippen molar-refractivity contribution in [2.45, 2.75) is 20.4 Å². The first-order valence-electron chi connectivity index (χ1n) is 6.24. The second-order valence-electron chi connectivity index (χ2n) is 4.31. The van der Waals surface area contributed by atoms with Gasteiger partial charge in [0, 0.05) is 6.54 Å². The number of hydrogen-bond donors (Lipinski definition) is 1. The summed E-state index contributed by atoms with van der Waals surface area (Å²) in [5.74, 6) is 0.292. The summed E-state index contributed by atoms with van der Waals surface area (Å²) in [5, 5.41) is 7.19. The van der Waals surface area contributed by atoms with Crippen molar-refractivity contribution >= 4 is 23.2 Å². The van der Waals surface area contributed by atoms with Crippen molar-refractivity contribution in [2.75, 3.05) is 12.4 Å². The molecule has 0 fully saturated rings. The first-order valence-corrected chi connectivity index (χ1v) is 6.62. The average molecular weight is 294 g/mol. The highest BCUT2D eigenvalue weighted by molar-refractivity contribution is 6.34. The summed E-state index contributed by atoms with van der Waals surface area (Å²) >= 11 is 6.01. The van der Waals surface area contributed by atoms with Gasteiger partial charge in [-0.15, -0.1) is 0 Å². The molecule has 0 saturated carbocycles. The van der Waals surface area contributed by atoms with Crippen molar-refractivity contribution in [3.63, 3.8) is 0 Å². The minimum absolute atomic E-state index is 0.307. The van der Waals surface area contributed by atoms with Gasteiger partial charge in [0.2, 0.25) is 0 Å². The molecule has 5 nitrogen and oxygen atoms in total. The fourth-order valence-corrected chi connectivity index (χ4v) is 2.16. The first-order chi connectivity index (χ1) is 9.56. The van der Waals surface area contributed by atoms with Crippen molar-refractivity contribution in [3.8, 4) is 5.75 Å². The summed E-state index contributed by atoms with van der Waals surface area (Å²) < 4.78 is 6.79. The fourth-order valence-electron chi connectivity index (χ4n) is 1.93. The number of carbonyl (C=O) groups is 1. The van der Waals surface area contributed by atoms with Crippen LogP contribution in [0.25, 0.3) is 0 Å². The molecule has 0 radical (unpaired) electrons. The third kappa shape index (κ3) is 2.77. The zero-order chi connectivity index (χ0) is 14.7. The van der Waals surface area contributed by atoms with Crippen LogP contribution in [0, 0.1) is 6.92 Å². The molecule has 0 atom stereocenters. The molecule has 20 heavy (non-hydrogen) atoms. The van der Waals surface area contributed by atoms with Crippen LogP contribution in [0.4, 0.5) is 5.69 Å². The second-order valence-corrected chi connectivity index (χ2v) is 4.72. The number of methoxy groups -OCH3 is 1. The number of ether oxygens (including phenoxy) is 1. The highest BCUT2D eigenvalue weighted by atomic mass is 35.5. The highest BCUT2D eigenvalue weighted by Gasteiger charge is 2.18. The van der Waals surface area contributed by atoms with Crippen molar-refractivity contribution in [2.24, 2.45) is 0 Å². The van der Waals surface area contributed by atoms with Crippen LogP contribution >= 0.6 is 11.6 Å². The summed E-state index contributed by atoms with van der Waals surface area (Å²) in [6.07, 6.45) is 1.47. The van der Waals surface area contributed by atoms with Crippen LogP contribution < -0.4 is 10.1 Å². The van der Waals surface area contributed by atoms with Gasteiger partial charge in [-0.05, 0) is 31.5 Å². The molecule has 0 saturated heterocycles. The smallest absolute Gasteiger partial charge is 0.275 e. The Morgan fingerprint density at radius 3 is 2.90 bits per heavy atom. The molecular weight excluding hydrogens is 278 g/mol. The third-order valence-corrected chi connectivity index (χ3v) is 3.19. The van der Waals surface area contributed by atoms with Crippen LogP contribution in [0.5, 0.6) is 5.75 Å². The van der Waals surface area contributed by atoms with E-state index in [4.69, 9.17) is 16.3 Å². The lowest BCUT2D eigenvalue weighted by molar-refractivity contribution is 0.101. The summed E-state index contributed by atoms with van der Waals surface area (Å²) in [6, 6.07) is 5.57. The Kier molecular flexibility index (Phi) is 4.29. The molecule has 2 aromatic rings. The standard InChI is InChI=1S/C14H16ClN3O2/c1-4-18-13(10(15)8-16-18)14(19)17-11-7-9(2)5-6-12(11)20-3/h5-8H,4H2,1-3H3,(H,17,19). The van der Waals surface area contributed by atoms with Gasteiger partial charge in [0.15, 0.2) is 0 Å². The fraction of sp³-hybridized carbons (Fsp3) is 0.286. The van der Waals surface area contributed by atoms with Gasteiger partial charge in [-0.1, -0.05) is 17.7 Å². The normalized spacial score (nSPS) is 10.4. The number of aryl methyl sites for hydroxylation is 2. The molecule has 1 aromatic heterocycles. The highest BCUT2D eigenvalue weighted by Crippen LogP contribution is 2.26. The molecule has 1 heterocycles. The van der Waals surface area contributed by atoms with Crippen LogP contribution in [0.2, 0.25) is 5.02 Å². The van der Waals surface area contributed by atoms with E-state index in [0.717, 1.165) is 5.56 Å². The van der Waals surface area contributed by atoms with Gasteiger partial charge in [0.1, 0.15) is 11.4 Å². The summed E-state index contributed by atoms with van der Waals surface area (Å²) in [6.45, 7) is 4.41. The zero-order valence-electron chi connectivity index (χ0n) is 11.6. The molecule has 0 bridgehead atoms. The Hall–Kier alpha value is -2.01. The number of anilines is 1. The molecule has 1 aromatic carbocycles. The van der Waals surface area contributed by atoms with Gasteiger partial charge in [-0.3, -0.25) is 9.48 Å². The predicted molar refractivity (Wildman–Crippen MR) is 78.6 cm³/mol. The molecule has 0 spiro atoms. The molecule has 0 aliphatic carbocycles. The topological polar surface area (TPSA) is 56.2 Å². The quantitative estimate of drug-likeness (QED) is 0.942. The minimum Gasteiger partial charge on any atom is -0.495 e. The molecule has 1 amide bonds. The summed E-state index contributed by atoms with van der Waals surface area (Å²) in [5.41, 5.74) is 1.98. The molecule has 0 unspecified atom stereocenters. The Labute approximate surface area is 122 Å². The van der Waals surface area contributed by atoms with Gasteiger partial charge in [-0.25, -0.2) is 0 Å². The molecule has 0 aliphatic heterocycles. The van der Waals surface area contributed by atoms with Crippen molar-refractivity contribution < 1.29 is 9.53 Å². The number of carbonyl (C=O) groups excluding carboxylic acids is 1. The maximum Gasteiger partial charge on any atom is 0.275 e. The molecular formula is C14H16ClN3O2. The molecule has 106 valence electrons. The van der Waals surface area contributed by atoms with Crippen molar-refractivity contribution in [3.05, 3.63) is 40.7 Å². The van der Waals surface area contributed by atoms with Crippen LogP contribution in [0.1, 0.15) is 23.0 Å². The number of nitrogens with zero attached hydrogens (tertiary/aromatic N) is 2. The monoisotopic (exact) mass is 293 g/mol. The lowest BCUT2D eigenvalue weighted by Crippen LogP contribution is -2.18. The Morgan fingerprint density at radius 2 is 2.25 bits per heavy atom. The summed E-state index contributed by atoms with van der Waals surface area (Å²) in [7, 11) is 1.56. The van der Waals surface area contributed by atoms with E-state index in [1.165, 1.54) is 6.20 Å². The molecule has 6 heteroatoms. The van der Waals surface area contributed by atoms with E-state index in [1.807, 2.05) is 32.0 Å². The molecule has 1 N–H and O–H groups in total. The number of aromatic nitrogens is 2. The van der Waals surface area contributed by atoms with E-state index < -0.39 is 0 Å². The van der Waals surface area contributed by atoms with E-state index in [9.17, 15) is 4.79 Å². The molecule has 2 rings (SSSR count). The van der Waals surface area contributed by atoms with Crippen LogP contribution in [-0.2, 0) is 6.54 Å². The Morgan fingerprint density at radius 1 is 1.50 bits per heavy atom. The number of benzene rings is 1. The van der Waals surface area contributed by atoms with E-state index in [0.29, 0.717) is 28.7 Å². The average Bonchev–Trinajstić information content (AvgIpc) is 2.80. The lowest BCUT2D eigenvalue weighted by Gasteiger charge is -2.11. The van der Waals surface area contributed by atoms with E-state index in [-0.39, 0.29) is 5.91 Å². The van der Waals surface area contributed by atoms with E-state index in [1.54, 1.807) is 11.8 Å². The van der Waals surface area contributed by atoms with Crippen molar-refractivity contribution in [1.82, 2.24) is 9.78 Å². The number of halogens is 1. The molecule has 0 aliphatic rings. The minimum atomic E-state index is -0.307. The SMILES string of the molecule is CCn1ncc(Cl)c1C(=O)Nc1cc(C)ccc1OC. The maximum absolute atomic E-state index is 12.3. The number of hydrogen-bond acceptors (Lipinski definition) is 3. The van der Waals surface area contributed by atoms with Gasteiger partial charge >= 0.3 is 0 Å². The Balaban J connectivity index is 2.32. The van der Waals surface area contributed by atoms with Crippen LogP contribution in [0.15, 0.2) is 24.4 Å². The van der Waals surface area contributed by atoms with Gasteiger partial charge < -0.3 is 10.1 Å². The third-order valence-electron chi connectivity index (χ3n) is 2.91. The van der Waals surface area contributed by atoms with Gasteiger partial charge in [-0.2, -0.15) is 5.10 Å². The first kappa shape index (κ1) is 14.4. The zero-order valence-corrected chi connectivity index (χ0v) is 12.4.